The fourth-order valence-corrected chi connectivity index (χ4v) is 6.58. The standard InChI is InChI=1S/C12H21N3O5S3.ClH/c1-3-14-10-8-15(5-4-6-20-2)23(18,19)12-9(10)7-11(21-12)22(13,16)17;/h7,10,14H,3-6,8H2,1-2H3,(H2,13,16,17);1H/t10-;/m0./s1/i1D3,3D2;. The Labute approximate surface area is 159 Å². The largest absolute Gasteiger partial charge is 0.385 e. The van der Waals surface area contributed by atoms with Gasteiger partial charge in [0.1, 0.15) is 8.42 Å². The Hall–Kier alpha value is -0.270. The molecule has 0 aromatic carbocycles. The summed E-state index contributed by atoms with van der Waals surface area (Å²) in [6.45, 7) is -5.82. The van der Waals surface area contributed by atoms with Crippen molar-refractivity contribution >= 4 is 43.8 Å². The zero-order valence-electron chi connectivity index (χ0n) is 17.7. The zero-order valence-corrected chi connectivity index (χ0v) is 15.9. The van der Waals surface area contributed by atoms with Crippen molar-refractivity contribution in [3.05, 3.63) is 11.6 Å². The van der Waals surface area contributed by atoms with Crippen LogP contribution in [-0.2, 0) is 24.8 Å². The highest BCUT2D eigenvalue weighted by Crippen LogP contribution is 2.39. The van der Waals surface area contributed by atoms with Gasteiger partial charge in [0, 0.05) is 45.3 Å². The quantitative estimate of drug-likeness (QED) is 0.615. The first-order valence-electron chi connectivity index (χ1n) is 9.04. The van der Waals surface area contributed by atoms with Crippen LogP contribution >= 0.6 is 23.7 Å². The van der Waals surface area contributed by atoms with Gasteiger partial charge in [0.2, 0.25) is 10.0 Å². The number of hydrogen-bond acceptors (Lipinski definition) is 7. The van der Waals surface area contributed by atoms with E-state index in [4.69, 9.17) is 16.7 Å². The Morgan fingerprint density at radius 2 is 2.33 bits per heavy atom. The number of likely N-dealkylation sites (N-methyl/N-ethyl adjacent to an activating group) is 1. The van der Waals surface area contributed by atoms with Crippen LogP contribution in [0.2, 0.25) is 0 Å². The number of sulfonamides is 2. The van der Waals surface area contributed by atoms with Crippen LogP contribution in [0.5, 0.6) is 0 Å². The van der Waals surface area contributed by atoms with Gasteiger partial charge in [-0.2, -0.15) is 4.31 Å². The number of halogens is 1. The monoisotopic (exact) mass is 424 g/mol. The summed E-state index contributed by atoms with van der Waals surface area (Å²) in [6, 6.07) is -0.0321. The molecule has 3 N–H and O–H groups in total. The van der Waals surface area contributed by atoms with Gasteiger partial charge in [-0.05, 0) is 19.0 Å². The highest BCUT2D eigenvalue weighted by atomic mass is 35.5. The molecule has 1 aliphatic rings. The number of primary sulfonamides is 1. The summed E-state index contributed by atoms with van der Waals surface area (Å²) >= 11 is 0.453. The molecule has 2 rings (SSSR count). The lowest BCUT2D eigenvalue weighted by Crippen LogP contribution is -2.43. The molecule has 2 heterocycles. The van der Waals surface area contributed by atoms with Gasteiger partial charge < -0.3 is 10.1 Å². The van der Waals surface area contributed by atoms with E-state index in [2.05, 4.69) is 5.32 Å². The molecule has 12 heteroatoms. The number of nitrogens with two attached hydrogens (primary N) is 1. The average Bonchev–Trinajstić information content (AvgIpc) is 2.97. The van der Waals surface area contributed by atoms with Gasteiger partial charge in [-0.1, -0.05) is 6.85 Å². The first kappa shape index (κ1) is 14.9. The van der Waals surface area contributed by atoms with E-state index in [1.54, 1.807) is 0 Å². The Morgan fingerprint density at radius 3 is 2.92 bits per heavy atom. The zero-order chi connectivity index (χ0) is 21.5. The maximum atomic E-state index is 12.9. The molecule has 1 aromatic heterocycles. The van der Waals surface area contributed by atoms with Gasteiger partial charge in [-0.3, -0.25) is 0 Å². The number of ether oxygens (including phenoxy) is 1. The van der Waals surface area contributed by atoms with Crippen molar-refractivity contribution in [3.8, 4) is 0 Å². The van der Waals surface area contributed by atoms with E-state index in [-0.39, 0.29) is 41.9 Å². The van der Waals surface area contributed by atoms with Gasteiger partial charge in [0.05, 0.1) is 0 Å². The van der Waals surface area contributed by atoms with Crippen molar-refractivity contribution in [1.29, 1.82) is 0 Å². The number of rotatable bonds is 7. The van der Waals surface area contributed by atoms with E-state index < -0.39 is 43.6 Å². The van der Waals surface area contributed by atoms with E-state index in [9.17, 15) is 16.8 Å². The normalized spacial score (nSPS) is 24.6. The van der Waals surface area contributed by atoms with E-state index in [0.29, 0.717) is 17.8 Å². The number of fused-ring (bicyclic) bond motifs is 1. The molecular formula is C12H22ClN3O5S3. The minimum atomic E-state index is -4.20. The van der Waals surface area contributed by atoms with Crippen LogP contribution in [-0.4, -0.2) is 54.4 Å². The lowest BCUT2D eigenvalue weighted by Gasteiger charge is -2.32. The van der Waals surface area contributed by atoms with Crippen molar-refractivity contribution < 1.29 is 28.4 Å². The summed E-state index contributed by atoms with van der Waals surface area (Å²) in [5, 5.41) is 7.42. The Morgan fingerprint density at radius 1 is 1.62 bits per heavy atom. The third-order valence-electron chi connectivity index (χ3n) is 3.32. The molecule has 0 aliphatic carbocycles. The lowest BCUT2D eigenvalue weighted by molar-refractivity contribution is 0.185. The van der Waals surface area contributed by atoms with Crippen molar-refractivity contribution in [3.63, 3.8) is 0 Å². The first-order valence-corrected chi connectivity index (χ1v) is 10.3. The molecule has 0 radical (unpaired) electrons. The number of nitrogens with zero attached hydrogens (tertiary/aromatic N) is 1. The van der Waals surface area contributed by atoms with E-state index in [1.807, 2.05) is 0 Å². The molecule has 0 amide bonds. The molecule has 1 atom stereocenters. The fourth-order valence-electron chi connectivity index (χ4n) is 2.27. The number of methoxy groups -OCH3 is 1. The fraction of sp³-hybridized carbons (Fsp3) is 0.667. The van der Waals surface area contributed by atoms with Gasteiger partial charge in [0.25, 0.3) is 10.0 Å². The molecule has 0 bridgehead atoms. The number of nitrogens with one attached hydrogen (secondary N) is 1. The minimum Gasteiger partial charge on any atom is -0.385 e. The smallest absolute Gasteiger partial charge is 0.252 e. The Bertz CT molecular complexity index is 935. The SMILES string of the molecule is Cl.[2H]C([2H])([2H])C([2H])([2H])N[C@H]1CN(CCCOC)S(=O)(=O)c2sc(S(N)(=O)=O)cc21. The van der Waals surface area contributed by atoms with E-state index in [0.717, 1.165) is 10.4 Å². The van der Waals surface area contributed by atoms with Crippen molar-refractivity contribution in [2.24, 2.45) is 5.14 Å². The Balaban J connectivity index is 0.00000420. The topological polar surface area (TPSA) is 119 Å². The summed E-state index contributed by atoms with van der Waals surface area (Å²) in [7, 11) is -6.80. The van der Waals surface area contributed by atoms with Crippen LogP contribution in [0.1, 0.15) is 31.7 Å². The second kappa shape index (κ2) is 8.41. The van der Waals surface area contributed by atoms with Crippen LogP contribution in [0.4, 0.5) is 0 Å². The molecule has 0 saturated carbocycles. The van der Waals surface area contributed by atoms with Crippen molar-refractivity contribution in [2.75, 3.05) is 33.3 Å². The number of thiophene rings is 1. The third-order valence-corrected chi connectivity index (χ3v) is 8.28. The third kappa shape index (κ3) is 4.47. The highest BCUT2D eigenvalue weighted by molar-refractivity contribution is 7.94. The maximum absolute atomic E-state index is 12.9. The van der Waals surface area contributed by atoms with Crippen LogP contribution in [0.25, 0.3) is 0 Å². The van der Waals surface area contributed by atoms with Gasteiger partial charge in [0.15, 0.2) is 0 Å². The predicted octanol–water partition coefficient (Wildman–Crippen LogP) is 0.509. The van der Waals surface area contributed by atoms with Crippen molar-refractivity contribution in [1.82, 2.24) is 9.62 Å². The summed E-state index contributed by atoms with van der Waals surface area (Å²) in [5.74, 6) is 0. The van der Waals surface area contributed by atoms with E-state index >= 15 is 0 Å². The molecule has 140 valence electrons. The minimum absolute atomic E-state index is 0. The van der Waals surface area contributed by atoms with Gasteiger partial charge in [-0.25, -0.2) is 22.0 Å². The van der Waals surface area contributed by atoms with Gasteiger partial charge >= 0.3 is 0 Å². The summed E-state index contributed by atoms with van der Waals surface area (Å²) in [6.07, 6.45) is 0.345. The lowest BCUT2D eigenvalue weighted by atomic mass is 10.1. The van der Waals surface area contributed by atoms with Crippen molar-refractivity contribution in [2.45, 2.75) is 27.7 Å². The molecule has 0 saturated heterocycles. The second-order valence-electron chi connectivity index (χ2n) is 4.88. The van der Waals surface area contributed by atoms with Gasteiger partial charge in [-0.15, -0.1) is 23.7 Å². The first-order chi connectivity index (χ1) is 12.6. The van der Waals surface area contributed by atoms with Crippen LogP contribution in [0, 0.1) is 0 Å². The average molecular weight is 425 g/mol. The highest BCUT2D eigenvalue weighted by Gasteiger charge is 2.39. The predicted molar refractivity (Wildman–Crippen MR) is 94.6 cm³/mol. The van der Waals surface area contributed by atoms with Crippen LogP contribution in [0.3, 0.4) is 0 Å². The molecule has 0 fully saturated rings. The molecule has 0 unspecified atom stereocenters. The molecule has 1 aliphatic heterocycles. The molecule has 1 aromatic rings. The maximum Gasteiger partial charge on any atom is 0.252 e. The summed E-state index contributed by atoms with van der Waals surface area (Å²) < 4.78 is 91.9. The summed E-state index contributed by atoms with van der Waals surface area (Å²) in [5.41, 5.74) is -0.0230. The molecule has 24 heavy (non-hydrogen) atoms. The molecule has 8 nitrogen and oxygen atoms in total. The molecular weight excluding hydrogens is 398 g/mol. The van der Waals surface area contributed by atoms with Crippen LogP contribution in [0.15, 0.2) is 14.5 Å². The Kier molecular flexibility index (Phi) is 5.20. The van der Waals surface area contributed by atoms with Crippen LogP contribution < -0.4 is 10.5 Å². The second-order valence-corrected chi connectivity index (χ2v) is 9.86. The number of hydrogen-bond donors (Lipinski definition) is 2. The molecule has 0 spiro atoms. The summed E-state index contributed by atoms with van der Waals surface area (Å²) in [4.78, 5) is 0. The van der Waals surface area contributed by atoms with E-state index in [1.165, 1.54) is 7.11 Å².